The van der Waals surface area contributed by atoms with Crippen molar-refractivity contribution in [1.29, 1.82) is 0 Å². The second kappa shape index (κ2) is 3.84. The smallest absolute Gasteiger partial charge is 0.175 e. The molecule has 0 radical (unpaired) electrons. The van der Waals surface area contributed by atoms with Gasteiger partial charge in [0.05, 0.1) is 4.90 Å². The molecule has 2 nitrogen and oxygen atoms in total. The van der Waals surface area contributed by atoms with Gasteiger partial charge in [-0.2, -0.15) is 0 Å². The molecule has 1 aromatic carbocycles. The van der Waals surface area contributed by atoms with Crippen LogP contribution in [0.1, 0.15) is 50.7 Å². The molecule has 0 aromatic heterocycles. The van der Waals surface area contributed by atoms with E-state index in [-0.39, 0.29) is 5.41 Å². The molecule has 0 amide bonds. The molecule has 0 spiro atoms. The van der Waals surface area contributed by atoms with E-state index in [9.17, 15) is 8.42 Å². The second-order valence-corrected chi connectivity index (χ2v) is 8.03. The molecule has 1 saturated carbocycles. The Morgan fingerprint density at radius 1 is 1.18 bits per heavy atom. The number of sulfone groups is 1. The summed E-state index contributed by atoms with van der Waals surface area (Å²) in [6.07, 6.45) is 3.54. The molecular formula is C14H20O2S. The summed E-state index contributed by atoms with van der Waals surface area (Å²) in [7, 11) is -3.10. The van der Waals surface area contributed by atoms with Crippen LogP contribution in [0.2, 0.25) is 0 Å². The van der Waals surface area contributed by atoms with Crippen molar-refractivity contribution in [2.24, 2.45) is 0 Å². The third-order valence-corrected chi connectivity index (χ3v) is 4.46. The minimum Gasteiger partial charge on any atom is -0.224 e. The molecule has 0 aliphatic heterocycles. The van der Waals surface area contributed by atoms with Crippen LogP contribution in [0.15, 0.2) is 23.1 Å². The van der Waals surface area contributed by atoms with Gasteiger partial charge in [-0.05, 0) is 41.4 Å². The van der Waals surface area contributed by atoms with Crippen molar-refractivity contribution in [1.82, 2.24) is 0 Å². The summed E-state index contributed by atoms with van der Waals surface area (Å²) in [6, 6.07) is 5.82. The third kappa shape index (κ3) is 2.71. The lowest BCUT2D eigenvalue weighted by Gasteiger charge is -2.21. The van der Waals surface area contributed by atoms with Crippen molar-refractivity contribution < 1.29 is 8.42 Å². The molecule has 0 heterocycles. The van der Waals surface area contributed by atoms with Gasteiger partial charge in [0.1, 0.15) is 0 Å². The van der Waals surface area contributed by atoms with Crippen molar-refractivity contribution in [2.75, 3.05) is 6.26 Å². The number of benzene rings is 1. The first kappa shape index (κ1) is 12.6. The van der Waals surface area contributed by atoms with Gasteiger partial charge in [0.2, 0.25) is 0 Å². The Kier molecular flexibility index (Phi) is 2.85. The predicted molar refractivity (Wildman–Crippen MR) is 70.2 cm³/mol. The fourth-order valence-corrected chi connectivity index (χ4v) is 3.03. The van der Waals surface area contributed by atoms with Gasteiger partial charge in [0, 0.05) is 6.26 Å². The minimum absolute atomic E-state index is 0.0691. The molecule has 1 aliphatic carbocycles. The van der Waals surface area contributed by atoms with E-state index in [1.807, 2.05) is 6.07 Å². The maximum Gasteiger partial charge on any atom is 0.175 e. The zero-order chi connectivity index (χ0) is 12.8. The zero-order valence-corrected chi connectivity index (χ0v) is 11.8. The van der Waals surface area contributed by atoms with Crippen LogP contribution in [0.25, 0.3) is 0 Å². The Morgan fingerprint density at radius 3 is 2.18 bits per heavy atom. The molecule has 1 aromatic rings. The molecule has 1 fully saturated rings. The second-order valence-electron chi connectivity index (χ2n) is 6.05. The topological polar surface area (TPSA) is 34.1 Å². The normalized spacial score (nSPS) is 17.2. The van der Waals surface area contributed by atoms with E-state index in [0.29, 0.717) is 10.8 Å². The molecule has 0 saturated heterocycles. The van der Waals surface area contributed by atoms with Crippen molar-refractivity contribution in [2.45, 2.75) is 49.8 Å². The largest absolute Gasteiger partial charge is 0.224 e. The molecule has 94 valence electrons. The van der Waals surface area contributed by atoms with E-state index in [2.05, 4.69) is 26.8 Å². The van der Waals surface area contributed by atoms with E-state index < -0.39 is 9.84 Å². The van der Waals surface area contributed by atoms with Gasteiger partial charge < -0.3 is 0 Å². The van der Waals surface area contributed by atoms with Crippen molar-refractivity contribution in [3.05, 3.63) is 29.3 Å². The summed E-state index contributed by atoms with van der Waals surface area (Å²) < 4.78 is 23.5. The standard InChI is InChI=1S/C14H20O2S/c1-14(2,3)11-7-8-13(17(4,15)16)12(9-11)10-5-6-10/h7-10H,5-6H2,1-4H3. The molecule has 2 rings (SSSR count). The average molecular weight is 252 g/mol. The first-order valence-corrected chi connectivity index (χ1v) is 7.93. The molecule has 1 aliphatic rings. The first-order chi connectivity index (χ1) is 7.69. The Hall–Kier alpha value is -0.830. The lowest BCUT2D eigenvalue weighted by Crippen LogP contribution is -2.13. The maximum atomic E-state index is 11.7. The highest BCUT2D eigenvalue weighted by atomic mass is 32.2. The fourth-order valence-electron chi connectivity index (χ4n) is 2.07. The van der Waals surface area contributed by atoms with Crippen LogP contribution in [-0.4, -0.2) is 14.7 Å². The predicted octanol–water partition coefficient (Wildman–Crippen LogP) is 3.27. The van der Waals surface area contributed by atoms with E-state index in [0.717, 1.165) is 18.4 Å². The third-order valence-electron chi connectivity index (χ3n) is 3.29. The molecule has 0 bridgehead atoms. The summed E-state index contributed by atoms with van der Waals surface area (Å²) in [6.45, 7) is 6.46. The summed E-state index contributed by atoms with van der Waals surface area (Å²) in [5.41, 5.74) is 2.31. The van der Waals surface area contributed by atoms with Gasteiger partial charge in [0.25, 0.3) is 0 Å². The Labute approximate surface area is 104 Å². The SMILES string of the molecule is CC(C)(C)c1ccc(S(C)(=O)=O)c(C2CC2)c1. The van der Waals surface area contributed by atoms with Gasteiger partial charge in [-0.25, -0.2) is 8.42 Å². The van der Waals surface area contributed by atoms with Crippen LogP contribution in [0.4, 0.5) is 0 Å². The Balaban J connectivity index is 2.57. The van der Waals surface area contributed by atoms with Crippen molar-refractivity contribution in [3.8, 4) is 0 Å². The van der Waals surface area contributed by atoms with E-state index >= 15 is 0 Å². The van der Waals surface area contributed by atoms with Gasteiger partial charge in [-0.15, -0.1) is 0 Å². The van der Waals surface area contributed by atoms with Gasteiger partial charge in [-0.3, -0.25) is 0 Å². The van der Waals surface area contributed by atoms with Gasteiger partial charge in [0.15, 0.2) is 9.84 Å². The maximum absolute atomic E-state index is 11.7. The average Bonchev–Trinajstić information content (AvgIpc) is 2.97. The summed E-state index contributed by atoms with van der Waals surface area (Å²) >= 11 is 0. The molecule has 17 heavy (non-hydrogen) atoms. The quantitative estimate of drug-likeness (QED) is 0.809. The summed E-state index contributed by atoms with van der Waals surface area (Å²) in [5.74, 6) is 0.460. The Morgan fingerprint density at radius 2 is 1.76 bits per heavy atom. The highest BCUT2D eigenvalue weighted by Crippen LogP contribution is 2.44. The zero-order valence-electron chi connectivity index (χ0n) is 10.9. The highest BCUT2D eigenvalue weighted by molar-refractivity contribution is 7.90. The van der Waals surface area contributed by atoms with Crippen LogP contribution in [0.5, 0.6) is 0 Å². The minimum atomic E-state index is -3.10. The fraction of sp³-hybridized carbons (Fsp3) is 0.571. The first-order valence-electron chi connectivity index (χ1n) is 6.04. The summed E-state index contributed by atoms with van der Waals surface area (Å²) in [5, 5.41) is 0. The molecule has 0 unspecified atom stereocenters. The number of hydrogen-bond donors (Lipinski definition) is 0. The monoisotopic (exact) mass is 252 g/mol. The van der Waals surface area contributed by atoms with E-state index in [4.69, 9.17) is 0 Å². The van der Waals surface area contributed by atoms with Crippen LogP contribution < -0.4 is 0 Å². The number of hydrogen-bond acceptors (Lipinski definition) is 2. The number of rotatable bonds is 2. The van der Waals surface area contributed by atoms with Gasteiger partial charge >= 0.3 is 0 Å². The van der Waals surface area contributed by atoms with Crippen LogP contribution in [0.3, 0.4) is 0 Å². The summed E-state index contributed by atoms with van der Waals surface area (Å²) in [4.78, 5) is 0.521. The van der Waals surface area contributed by atoms with Crippen LogP contribution >= 0.6 is 0 Å². The van der Waals surface area contributed by atoms with Crippen LogP contribution in [0, 0.1) is 0 Å². The van der Waals surface area contributed by atoms with Crippen molar-refractivity contribution in [3.63, 3.8) is 0 Å². The van der Waals surface area contributed by atoms with E-state index in [1.165, 1.54) is 11.8 Å². The highest BCUT2D eigenvalue weighted by Gasteiger charge is 2.30. The van der Waals surface area contributed by atoms with E-state index in [1.54, 1.807) is 6.07 Å². The lowest BCUT2D eigenvalue weighted by molar-refractivity contribution is 0.585. The molecule has 0 atom stereocenters. The molecular weight excluding hydrogens is 232 g/mol. The molecule has 0 N–H and O–H groups in total. The van der Waals surface area contributed by atoms with Gasteiger partial charge in [-0.1, -0.05) is 32.9 Å². The Bertz CT molecular complexity index is 532. The van der Waals surface area contributed by atoms with Crippen LogP contribution in [-0.2, 0) is 15.3 Å². The lowest BCUT2D eigenvalue weighted by atomic mass is 9.86. The molecule has 3 heteroatoms. The van der Waals surface area contributed by atoms with Crippen molar-refractivity contribution >= 4 is 9.84 Å².